The van der Waals surface area contributed by atoms with E-state index in [9.17, 15) is 4.39 Å². The molecule has 5 heteroatoms. The van der Waals surface area contributed by atoms with Gasteiger partial charge in [-0.1, -0.05) is 47.8 Å². The fourth-order valence-electron chi connectivity index (χ4n) is 1.94. The van der Waals surface area contributed by atoms with Gasteiger partial charge in [-0.05, 0) is 42.3 Å². The number of rotatable bonds is 4. The molecule has 0 saturated carbocycles. The molecule has 0 aliphatic heterocycles. The van der Waals surface area contributed by atoms with E-state index < -0.39 is 5.82 Å². The highest BCUT2D eigenvalue weighted by atomic mass is 35.5. The highest BCUT2D eigenvalue weighted by molar-refractivity contribution is 6.42. The van der Waals surface area contributed by atoms with Crippen LogP contribution < -0.4 is 5.32 Å². The Hall–Kier alpha value is -0.960. The molecule has 1 unspecified atom stereocenters. The first-order valence-electron chi connectivity index (χ1n) is 6.17. The largest absolute Gasteiger partial charge is 0.378 e. The minimum absolute atomic E-state index is 0.0188. The molecule has 106 valence electrons. The maximum atomic E-state index is 13.4. The van der Waals surface area contributed by atoms with E-state index in [1.165, 1.54) is 12.1 Å². The first kappa shape index (κ1) is 15.4. The van der Waals surface area contributed by atoms with Crippen LogP contribution in [-0.4, -0.2) is 0 Å². The van der Waals surface area contributed by atoms with Gasteiger partial charge in [0.15, 0.2) is 0 Å². The van der Waals surface area contributed by atoms with Gasteiger partial charge < -0.3 is 5.32 Å². The Balaban J connectivity index is 2.23. The van der Waals surface area contributed by atoms with Crippen molar-refractivity contribution in [3.05, 3.63) is 62.8 Å². The van der Waals surface area contributed by atoms with E-state index >= 15 is 0 Å². The van der Waals surface area contributed by atoms with Crippen molar-refractivity contribution in [3.8, 4) is 0 Å². The molecular weight excluding hydrogens is 320 g/mol. The molecule has 0 aliphatic rings. The lowest BCUT2D eigenvalue weighted by molar-refractivity contribution is 0.628. The zero-order valence-corrected chi connectivity index (χ0v) is 13.0. The van der Waals surface area contributed by atoms with Gasteiger partial charge in [0.1, 0.15) is 5.82 Å². The van der Waals surface area contributed by atoms with Crippen molar-refractivity contribution in [2.75, 3.05) is 5.32 Å². The minimum Gasteiger partial charge on any atom is -0.378 e. The van der Waals surface area contributed by atoms with Crippen LogP contribution in [0.1, 0.15) is 24.9 Å². The Morgan fingerprint density at radius 2 is 1.70 bits per heavy atom. The van der Waals surface area contributed by atoms with Crippen molar-refractivity contribution in [2.24, 2.45) is 0 Å². The lowest BCUT2D eigenvalue weighted by Crippen LogP contribution is -2.09. The average Bonchev–Trinajstić information content (AvgIpc) is 2.43. The Bertz CT molecular complexity index is 616. The molecule has 0 amide bonds. The van der Waals surface area contributed by atoms with Gasteiger partial charge in [-0.25, -0.2) is 4.39 Å². The van der Waals surface area contributed by atoms with Crippen molar-refractivity contribution in [2.45, 2.75) is 19.4 Å². The summed E-state index contributed by atoms with van der Waals surface area (Å²) in [5.41, 5.74) is 1.67. The summed E-state index contributed by atoms with van der Waals surface area (Å²) in [6.45, 7) is 2.03. The van der Waals surface area contributed by atoms with Crippen molar-refractivity contribution in [1.82, 2.24) is 0 Å². The van der Waals surface area contributed by atoms with E-state index in [1.54, 1.807) is 12.1 Å². The highest BCUT2D eigenvalue weighted by Gasteiger charge is 2.12. The molecule has 0 spiro atoms. The van der Waals surface area contributed by atoms with Gasteiger partial charge in [0.2, 0.25) is 0 Å². The molecule has 0 aliphatic carbocycles. The summed E-state index contributed by atoms with van der Waals surface area (Å²) < 4.78 is 13.4. The fourth-order valence-corrected chi connectivity index (χ4v) is 2.36. The molecule has 2 aromatic carbocycles. The van der Waals surface area contributed by atoms with Gasteiger partial charge in [-0.3, -0.25) is 0 Å². The number of anilines is 1. The zero-order chi connectivity index (χ0) is 14.7. The topological polar surface area (TPSA) is 12.0 Å². The van der Waals surface area contributed by atoms with E-state index in [2.05, 4.69) is 5.32 Å². The van der Waals surface area contributed by atoms with Crippen molar-refractivity contribution < 1.29 is 4.39 Å². The molecule has 0 heterocycles. The predicted octanol–water partition coefficient (Wildman–Crippen LogP) is 6.35. The highest BCUT2D eigenvalue weighted by Crippen LogP contribution is 2.29. The SMILES string of the molecule is CCC(Nc1ccc(Cl)c(F)c1)c1ccc(Cl)c(Cl)c1. The Morgan fingerprint density at radius 3 is 2.30 bits per heavy atom. The second kappa shape index (κ2) is 6.66. The second-order valence-electron chi connectivity index (χ2n) is 4.41. The van der Waals surface area contributed by atoms with Crippen LogP contribution in [0.5, 0.6) is 0 Å². The molecule has 0 bridgehead atoms. The van der Waals surface area contributed by atoms with Crippen LogP contribution in [0.3, 0.4) is 0 Å². The molecule has 0 radical (unpaired) electrons. The van der Waals surface area contributed by atoms with Crippen LogP contribution in [0.15, 0.2) is 36.4 Å². The van der Waals surface area contributed by atoms with Crippen LogP contribution in [-0.2, 0) is 0 Å². The summed E-state index contributed by atoms with van der Waals surface area (Å²) in [5.74, 6) is -0.444. The van der Waals surface area contributed by atoms with E-state index in [-0.39, 0.29) is 11.1 Å². The van der Waals surface area contributed by atoms with Crippen molar-refractivity contribution in [1.29, 1.82) is 0 Å². The quantitative estimate of drug-likeness (QED) is 0.688. The van der Waals surface area contributed by atoms with E-state index in [0.29, 0.717) is 15.7 Å². The summed E-state index contributed by atoms with van der Waals surface area (Å²) in [7, 11) is 0. The summed E-state index contributed by atoms with van der Waals surface area (Å²) >= 11 is 17.6. The van der Waals surface area contributed by atoms with E-state index in [4.69, 9.17) is 34.8 Å². The van der Waals surface area contributed by atoms with E-state index in [1.807, 2.05) is 19.1 Å². The normalized spacial score (nSPS) is 12.2. The molecular formula is C15H13Cl3FN. The lowest BCUT2D eigenvalue weighted by Gasteiger charge is -2.19. The third-order valence-corrected chi connectivity index (χ3v) is 4.06. The van der Waals surface area contributed by atoms with Gasteiger partial charge >= 0.3 is 0 Å². The number of benzene rings is 2. The predicted molar refractivity (Wildman–Crippen MR) is 84.5 cm³/mol. The average molecular weight is 333 g/mol. The van der Waals surface area contributed by atoms with Crippen LogP contribution in [0.25, 0.3) is 0 Å². The summed E-state index contributed by atoms with van der Waals surface area (Å²) in [5, 5.41) is 4.39. The standard InChI is InChI=1S/C15H13Cl3FN/c1-2-15(9-3-5-11(16)13(18)7-9)20-10-4-6-12(17)14(19)8-10/h3-8,15,20H,2H2,1H3. The Morgan fingerprint density at radius 1 is 1.00 bits per heavy atom. The minimum atomic E-state index is -0.444. The van der Waals surface area contributed by atoms with Crippen LogP contribution >= 0.6 is 34.8 Å². The fraction of sp³-hybridized carbons (Fsp3) is 0.200. The lowest BCUT2D eigenvalue weighted by atomic mass is 10.0. The summed E-state index contributed by atoms with van der Waals surface area (Å²) in [4.78, 5) is 0. The van der Waals surface area contributed by atoms with Gasteiger partial charge in [0.05, 0.1) is 21.1 Å². The van der Waals surface area contributed by atoms with Gasteiger partial charge in [-0.2, -0.15) is 0 Å². The Labute approximate surface area is 132 Å². The monoisotopic (exact) mass is 331 g/mol. The maximum Gasteiger partial charge on any atom is 0.143 e. The number of hydrogen-bond acceptors (Lipinski definition) is 1. The smallest absolute Gasteiger partial charge is 0.143 e. The summed E-state index contributed by atoms with van der Waals surface area (Å²) in [6, 6.07) is 10.1. The molecule has 20 heavy (non-hydrogen) atoms. The number of hydrogen-bond donors (Lipinski definition) is 1. The second-order valence-corrected chi connectivity index (χ2v) is 5.63. The van der Waals surface area contributed by atoms with Crippen LogP contribution in [0.2, 0.25) is 15.1 Å². The zero-order valence-electron chi connectivity index (χ0n) is 10.8. The van der Waals surface area contributed by atoms with Crippen molar-refractivity contribution >= 4 is 40.5 Å². The third kappa shape index (κ3) is 3.57. The molecule has 0 saturated heterocycles. The van der Waals surface area contributed by atoms with Crippen LogP contribution in [0.4, 0.5) is 10.1 Å². The molecule has 2 rings (SSSR count). The molecule has 0 aromatic heterocycles. The molecule has 1 nitrogen and oxygen atoms in total. The first-order chi connectivity index (χ1) is 9.51. The first-order valence-corrected chi connectivity index (χ1v) is 7.31. The Kier molecular flexibility index (Phi) is 5.14. The van der Waals surface area contributed by atoms with Crippen molar-refractivity contribution in [3.63, 3.8) is 0 Å². The summed E-state index contributed by atoms with van der Waals surface area (Å²) in [6.07, 6.45) is 0.822. The van der Waals surface area contributed by atoms with Gasteiger partial charge in [-0.15, -0.1) is 0 Å². The number of halogens is 4. The maximum absolute atomic E-state index is 13.4. The third-order valence-electron chi connectivity index (χ3n) is 3.01. The van der Waals surface area contributed by atoms with Gasteiger partial charge in [0.25, 0.3) is 0 Å². The molecule has 1 N–H and O–H groups in total. The number of nitrogens with one attached hydrogen (secondary N) is 1. The van der Waals surface area contributed by atoms with Gasteiger partial charge in [0, 0.05) is 5.69 Å². The van der Waals surface area contributed by atoms with Crippen LogP contribution in [0, 0.1) is 5.82 Å². The molecule has 2 aromatic rings. The molecule has 1 atom stereocenters. The van der Waals surface area contributed by atoms with E-state index in [0.717, 1.165) is 12.0 Å². The molecule has 0 fully saturated rings.